The highest BCUT2D eigenvalue weighted by Gasteiger charge is 2.47. The zero-order chi connectivity index (χ0) is 22.8. The first-order valence-electron chi connectivity index (χ1n) is 10.5. The summed E-state index contributed by atoms with van der Waals surface area (Å²) in [5.41, 5.74) is 1.64. The van der Waals surface area contributed by atoms with E-state index in [9.17, 15) is 9.90 Å². The molecule has 166 valence electrons. The largest absolute Gasteiger partial charge is 0.495 e. The average molecular weight is 459 g/mol. The number of ether oxygens (including phenoxy) is 1. The van der Waals surface area contributed by atoms with Gasteiger partial charge in [-0.1, -0.05) is 18.2 Å². The van der Waals surface area contributed by atoms with Gasteiger partial charge in [0.1, 0.15) is 17.0 Å². The van der Waals surface area contributed by atoms with E-state index in [1.165, 1.54) is 19.1 Å². The highest BCUT2D eigenvalue weighted by Crippen LogP contribution is 2.36. The number of anilines is 1. The van der Waals surface area contributed by atoms with Gasteiger partial charge in [0.2, 0.25) is 0 Å². The molecule has 1 fully saturated rings. The van der Waals surface area contributed by atoms with Crippen LogP contribution in [-0.4, -0.2) is 46.1 Å². The van der Waals surface area contributed by atoms with Gasteiger partial charge in [0.05, 0.1) is 30.6 Å². The van der Waals surface area contributed by atoms with E-state index >= 15 is 0 Å². The lowest BCUT2D eigenvalue weighted by Crippen LogP contribution is -2.61. The lowest BCUT2D eigenvalue weighted by Gasteiger charge is -2.46. The zero-order valence-electron chi connectivity index (χ0n) is 17.9. The quantitative estimate of drug-likeness (QED) is 0.421. The fourth-order valence-corrected chi connectivity index (χ4v) is 4.70. The molecular formula is C25H22N4O3S. The van der Waals surface area contributed by atoms with Gasteiger partial charge < -0.3 is 19.5 Å². The fraction of sp³-hybridized carbons (Fsp3) is 0.160. The zero-order valence-corrected chi connectivity index (χ0v) is 18.7. The minimum Gasteiger partial charge on any atom is -0.495 e. The molecule has 2 aromatic carbocycles. The third-order valence-corrected chi connectivity index (χ3v) is 6.52. The van der Waals surface area contributed by atoms with Crippen LogP contribution in [0.2, 0.25) is 0 Å². The van der Waals surface area contributed by atoms with Gasteiger partial charge in [0.15, 0.2) is 0 Å². The number of hydrogen-bond acceptors (Lipinski definition) is 7. The number of pyridine rings is 2. The number of benzene rings is 2. The molecule has 1 aliphatic rings. The Morgan fingerprint density at radius 3 is 2.55 bits per heavy atom. The minimum atomic E-state index is -1.20. The molecule has 1 amide bonds. The van der Waals surface area contributed by atoms with Crippen LogP contribution < -0.4 is 9.46 Å². The molecule has 0 aliphatic carbocycles. The average Bonchev–Trinajstić information content (AvgIpc) is 2.85. The lowest BCUT2D eigenvalue weighted by molar-refractivity contribution is -0.0904. The first kappa shape index (κ1) is 21.2. The third-order valence-electron chi connectivity index (χ3n) is 5.63. The smallest absolute Gasteiger partial charge is 0.254 e. The molecule has 3 heterocycles. The summed E-state index contributed by atoms with van der Waals surface area (Å²) in [7, 11) is 1.54. The highest BCUT2D eigenvalue weighted by atomic mass is 32.2. The summed E-state index contributed by atoms with van der Waals surface area (Å²) in [6.07, 6.45) is 3.39. The number of aliphatic hydroxyl groups is 1. The Hall–Kier alpha value is -3.62. The monoisotopic (exact) mass is 458 g/mol. The van der Waals surface area contributed by atoms with E-state index in [-0.39, 0.29) is 19.0 Å². The second-order valence-electron chi connectivity index (χ2n) is 7.86. The van der Waals surface area contributed by atoms with Crippen molar-refractivity contribution in [3.63, 3.8) is 0 Å². The maximum absolute atomic E-state index is 12.9. The Kier molecular flexibility index (Phi) is 5.62. The van der Waals surface area contributed by atoms with E-state index in [0.29, 0.717) is 17.0 Å². The van der Waals surface area contributed by atoms with Crippen molar-refractivity contribution in [1.29, 1.82) is 0 Å². The van der Waals surface area contributed by atoms with E-state index in [1.807, 2.05) is 42.5 Å². The SMILES string of the molecule is COc1cccnc1C1(O)CN(C(=O)c2ccc(NSc3cccc4cccnc34)cc2)C1. The van der Waals surface area contributed by atoms with Crippen molar-refractivity contribution in [3.05, 3.63) is 90.4 Å². The molecule has 0 unspecified atom stereocenters. The van der Waals surface area contributed by atoms with Gasteiger partial charge >= 0.3 is 0 Å². The maximum Gasteiger partial charge on any atom is 0.254 e. The third kappa shape index (κ3) is 4.10. The van der Waals surface area contributed by atoms with Crippen LogP contribution in [0.1, 0.15) is 16.1 Å². The number of nitrogens with zero attached hydrogens (tertiary/aromatic N) is 3. The summed E-state index contributed by atoms with van der Waals surface area (Å²) in [6.45, 7) is 0.340. The van der Waals surface area contributed by atoms with Crippen LogP contribution in [0.4, 0.5) is 5.69 Å². The number of rotatable bonds is 6. The Morgan fingerprint density at radius 1 is 1.03 bits per heavy atom. The van der Waals surface area contributed by atoms with Crippen LogP contribution >= 0.6 is 11.9 Å². The highest BCUT2D eigenvalue weighted by molar-refractivity contribution is 8.00. The number of β-amino-alcohol motifs (C(OH)–C–C–N with tert-alkyl or cyclic N) is 1. The molecule has 2 N–H and O–H groups in total. The van der Waals surface area contributed by atoms with Crippen molar-refractivity contribution in [2.24, 2.45) is 0 Å². The van der Waals surface area contributed by atoms with Gasteiger partial charge in [-0.3, -0.25) is 14.8 Å². The number of carbonyl (C=O) groups excluding carboxylic acids is 1. The van der Waals surface area contributed by atoms with E-state index in [4.69, 9.17) is 4.74 Å². The van der Waals surface area contributed by atoms with Crippen molar-refractivity contribution in [1.82, 2.24) is 14.9 Å². The second kappa shape index (κ2) is 8.73. The molecule has 33 heavy (non-hydrogen) atoms. The van der Waals surface area contributed by atoms with E-state index in [1.54, 1.807) is 41.6 Å². The van der Waals surface area contributed by atoms with Gasteiger partial charge in [-0.2, -0.15) is 0 Å². The second-order valence-corrected chi connectivity index (χ2v) is 8.71. The van der Waals surface area contributed by atoms with Crippen LogP contribution in [0, 0.1) is 0 Å². The maximum atomic E-state index is 12.9. The molecule has 0 radical (unpaired) electrons. The van der Waals surface area contributed by atoms with Crippen molar-refractivity contribution < 1.29 is 14.6 Å². The molecule has 4 aromatic rings. The molecule has 1 aliphatic heterocycles. The van der Waals surface area contributed by atoms with Crippen molar-refractivity contribution in [2.45, 2.75) is 10.5 Å². The van der Waals surface area contributed by atoms with Crippen LogP contribution in [0.15, 0.2) is 84.0 Å². The molecule has 1 saturated heterocycles. The fourth-order valence-electron chi connectivity index (χ4n) is 3.92. The Balaban J connectivity index is 1.22. The number of fused-ring (bicyclic) bond motifs is 1. The Morgan fingerprint density at radius 2 is 1.76 bits per heavy atom. The topological polar surface area (TPSA) is 87.6 Å². The predicted octanol–water partition coefficient (Wildman–Crippen LogP) is 4.10. The Bertz CT molecular complexity index is 1300. The summed E-state index contributed by atoms with van der Waals surface area (Å²) in [5.74, 6) is 0.383. The van der Waals surface area contributed by atoms with E-state index in [0.717, 1.165) is 21.5 Å². The molecule has 8 heteroatoms. The molecule has 0 bridgehead atoms. The van der Waals surface area contributed by atoms with Gasteiger partial charge in [0.25, 0.3) is 5.91 Å². The summed E-state index contributed by atoms with van der Waals surface area (Å²) in [6, 6.07) is 20.8. The number of carbonyl (C=O) groups is 1. The van der Waals surface area contributed by atoms with Crippen molar-refractivity contribution in [3.8, 4) is 5.75 Å². The summed E-state index contributed by atoms with van der Waals surface area (Å²) in [4.78, 5) is 24.2. The first-order chi connectivity index (χ1) is 16.1. The van der Waals surface area contributed by atoms with Crippen LogP contribution in [-0.2, 0) is 5.60 Å². The summed E-state index contributed by atoms with van der Waals surface area (Å²) in [5, 5.41) is 12.0. The standard InChI is InChI=1S/C25H22N4O3S/c1-32-20-7-4-14-27-23(20)25(31)15-29(16-25)24(30)18-9-11-19(12-10-18)28-33-21-8-2-5-17-6-3-13-26-22(17)21/h2-14,28,31H,15-16H2,1H3. The van der Waals surface area contributed by atoms with Crippen molar-refractivity contribution in [2.75, 3.05) is 24.9 Å². The number of amides is 1. The van der Waals surface area contributed by atoms with Crippen molar-refractivity contribution >= 4 is 34.4 Å². The number of likely N-dealkylation sites (tertiary alicyclic amines) is 1. The van der Waals surface area contributed by atoms with Gasteiger partial charge in [0, 0.05) is 29.0 Å². The van der Waals surface area contributed by atoms with Crippen LogP contribution in [0.5, 0.6) is 5.75 Å². The number of hydrogen-bond donors (Lipinski definition) is 2. The molecule has 7 nitrogen and oxygen atoms in total. The Labute approximate surface area is 195 Å². The predicted molar refractivity (Wildman–Crippen MR) is 128 cm³/mol. The van der Waals surface area contributed by atoms with E-state index in [2.05, 4.69) is 14.7 Å². The molecule has 2 aromatic heterocycles. The number of aromatic nitrogens is 2. The molecule has 0 atom stereocenters. The lowest BCUT2D eigenvalue weighted by atomic mass is 9.88. The van der Waals surface area contributed by atoms with Crippen LogP contribution in [0.25, 0.3) is 10.9 Å². The number of nitrogens with one attached hydrogen (secondary N) is 1. The minimum absolute atomic E-state index is 0.132. The number of methoxy groups -OCH3 is 1. The van der Waals surface area contributed by atoms with Gasteiger partial charge in [-0.15, -0.1) is 0 Å². The first-order valence-corrected chi connectivity index (χ1v) is 11.3. The normalized spacial score (nSPS) is 14.5. The molecule has 0 saturated carbocycles. The van der Waals surface area contributed by atoms with E-state index < -0.39 is 5.60 Å². The number of para-hydroxylation sites is 1. The van der Waals surface area contributed by atoms with Gasteiger partial charge in [-0.05, 0) is 60.5 Å². The summed E-state index contributed by atoms with van der Waals surface area (Å²) < 4.78 is 8.61. The van der Waals surface area contributed by atoms with Gasteiger partial charge in [-0.25, -0.2) is 0 Å². The molecular weight excluding hydrogens is 436 g/mol. The summed E-state index contributed by atoms with van der Waals surface area (Å²) >= 11 is 1.48. The van der Waals surface area contributed by atoms with Crippen LogP contribution in [0.3, 0.4) is 0 Å². The molecule has 5 rings (SSSR count). The molecule has 0 spiro atoms.